The number of halogens is 2. The van der Waals surface area contributed by atoms with Crippen molar-refractivity contribution in [3.8, 4) is 11.6 Å². The summed E-state index contributed by atoms with van der Waals surface area (Å²) in [5.74, 6) is -1.15. The lowest BCUT2D eigenvalue weighted by Crippen LogP contribution is -2.40. The highest BCUT2D eigenvalue weighted by Crippen LogP contribution is 2.52. The van der Waals surface area contributed by atoms with Crippen molar-refractivity contribution >= 4 is 31.9 Å². The van der Waals surface area contributed by atoms with Gasteiger partial charge in [0, 0.05) is 55.4 Å². The number of hydrogen-bond donors (Lipinski definition) is 1. The van der Waals surface area contributed by atoms with Gasteiger partial charge in [-0.1, -0.05) is 13.8 Å². The van der Waals surface area contributed by atoms with Gasteiger partial charge in [0.1, 0.15) is 12.4 Å². The van der Waals surface area contributed by atoms with Crippen LogP contribution in [-0.4, -0.2) is 60.9 Å². The van der Waals surface area contributed by atoms with E-state index in [0.717, 1.165) is 43.2 Å². The summed E-state index contributed by atoms with van der Waals surface area (Å²) >= 11 is 0. The molecule has 2 N–H and O–H groups in total. The van der Waals surface area contributed by atoms with Crippen molar-refractivity contribution < 1.29 is 18.3 Å². The number of methoxy groups -OCH3 is 1. The molecule has 3 aromatic heterocycles. The number of ether oxygens (including phenoxy) is 2. The van der Waals surface area contributed by atoms with Gasteiger partial charge in [0.05, 0.1) is 45.5 Å². The normalized spacial score (nSPS) is 22.3. The standard InChI is InChI=1S/C33H36F2N6O3Si/c1-19(2)25-18-44-32-29(35)24(34)12-23-30(32)41(25)16-21(31(23)42)15-40(14-20-7-9-37-28(11-20)43-3)33-8-4-10-39(17-26(33)45-33)22-5-6-27(36)38-13-22/h5-7,9,11-13,16,19,25-26H,4,8,10,14-15,17-18H2,1-3H3,(H2,36,38)/t25?,26?,33-/m0/s1. The van der Waals surface area contributed by atoms with Crippen molar-refractivity contribution in [1.29, 1.82) is 0 Å². The van der Waals surface area contributed by atoms with Gasteiger partial charge in [-0.05, 0) is 54.1 Å². The van der Waals surface area contributed by atoms with E-state index in [1.54, 1.807) is 13.3 Å². The molecule has 45 heavy (non-hydrogen) atoms. The van der Waals surface area contributed by atoms with Crippen LogP contribution in [0.1, 0.15) is 43.9 Å². The molecule has 2 unspecified atom stereocenters. The molecule has 3 aliphatic rings. The molecule has 3 aliphatic heterocycles. The van der Waals surface area contributed by atoms with E-state index < -0.39 is 11.6 Å². The largest absolute Gasteiger partial charge is 0.486 e. The molecular weight excluding hydrogens is 594 g/mol. The lowest BCUT2D eigenvalue weighted by atomic mass is 9.99. The second-order valence-corrected chi connectivity index (χ2v) is 14.4. The molecule has 6 heterocycles. The maximum absolute atomic E-state index is 14.9. The summed E-state index contributed by atoms with van der Waals surface area (Å²) < 4.78 is 42.8. The number of nitrogens with two attached hydrogens (primary N) is 1. The van der Waals surface area contributed by atoms with Crippen LogP contribution in [0.15, 0.2) is 53.7 Å². The first-order valence-electron chi connectivity index (χ1n) is 15.3. The Morgan fingerprint density at radius 2 is 2.07 bits per heavy atom. The Kier molecular flexibility index (Phi) is 7.51. The number of benzene rings is 1. The van der Waals surface area contributed by atoms with Crippen LogP contribution < -0.4 is 25.5 Å². The zero-order valence-electron chi connectivity index (χ0n) is 25.6. The summed E-state index contributed by atoms with van der Waals surface area (Å²) in [6.07, 6.45) is 7.39. The number of aromatic nitrogens is 3. The van der Waals surface area contributed by atoms with Crippen LogP contribution in [0.5, 0.6) is 11.6 Å². The van der Waals surface area contributed by atoms with Gasteiger partial charge >= 0.3 is 0 Å². The third kappa shape index (κ3) is 5.23. The Bertz CT molecular complexity index is 1820. The van der Waals surface area contributed by atoms with Crippen LogP contribution in [0.2, 0.25) is 5.54 Å². The van der Waals surface area contributed by atoms with Crippen molar-refractivity contribution in [1.82, 2.24) is 19.4 Å². The van der Waals surface area contributed by atoms with E-state index in [9.17, 15) is 13.6 Å². The number of pyridine rings is 3. The van der Waals surface area contributed by atoms with Gasteiger partial charge in [0.15, 0.2) is 17.0 Å². The van der Waals surface area contributed by atoms with Gasteiger partial charge in [-0.15, -0.1) is 0 Å². The minimum atomic E-state index is -1.08. The first-order chi connectivity index (χ1) is 21.7. The van der Waals surface area contributed by atoms with Crippen LogP contribution in [0.4, 0.5) is 20.3 Å². The molecule has 7 rings (SSSR count). The molecule has 2 radical (unpaired) electrons. The predicted octanol–water partition coefficient (Wildman–Crippen LogP) is 4.76. The van der Waals surface area contributed by atoms with Crippen LogP contribution in [0.3, 0.4) is 0 Å². The van der Waals surface area contributed by atoms with Gasteiger partial charge in [0.2, 0.25) is 11.7 Å². The van der Waals surface area contributed by atoms with Crippen molar-refractivity contribution in [3.05, 3.63) is 81.9 Å². The minimum Gasteiger partial charge on any atom is -0.486 e. The second kappa shape index (κ2) is 11.4. The summed E-state index contributed by atoms with van der Waals surface area (Å²) in [6, 6.07) is 8.67. The molecule has 12 heteroatoms. The first-order valence-corrected chi connectivity index (χ1v) is 16.4. The first kappa shape index (κ1) is 29.7. The number of nitrogens with zero attached hydrogens (tertiary/aromatic N) is 5. The van der Waals surface area contributed by atoms with E-state index >= 15 is 0 Å². The van der Waals surface area contributed by atoms with Gasteiger partial charge in [-0.2, -0.15) is 4.39 Å². The van der Waals surface area contributed by atoms with E-state index in [1.165, 1.54) is 0 Å². The molecular formula is C33H36F2N6O3Si. The maximum atomic E-state index is 14.9. The molecule has 1 aromatic carbocycles. The van der Waals surface area contributed by atoms with Gasteiger partial charge in [-0.3, -0.25) is 9.69 Å². The van der Waals surface area contributed by atoms with Gasteiger partial charge in [0.25, 0.3) is 0 Å². The fourth-order valence-electron chi connectivity index (χ4n) is 7.02. The van der Waals surface area contributed by atoms with Crippen LogP contribution in [0.25, 0.3) is 10.9 Å². The Labute approximate surface area is 262 Å². The average Bonchev–Trinajstić information content (AvgIpc) is 3.76. The van der Waals surface area contributed by atoms with Crippen molar-refractivity contribution in [2.45, 2.75) is 56.5 Å². The molecule has 2 saturated heterocycles. The average molecular weight is 631 g/mol. The third-order valence-corrected chi connectivity index (χ3v) is 11.6. The molecule has 234 valence electrons. The summed E-state index contributed by atoms with van der Waals surface area (Å²) in [5.41, 5.74) is 8.92. The number of anilines is 2. The van der Waals surface area contributed by atoms with Crippen LogP contribution in [-0.2, 0) is 13.1 Å². The van der Waals surface area contributed by atoms with Gasteiger partial charge in [-0.25, -0.2) is 14.4 Å². The quantitative estimate of drug-likeness (QED) is 0.279. The molecule has 0 amide bonds. The predicted molar refractivity (Wildman–Crippen MR) is 170 cm³/mol. The Balaban J connectivity index is 1.29. The van der Waals surface area contributed by atoms with Crippen LogP contribution in [0, 0.1) is 17.6 Å². The highest BCUT2D eigenvalue weighted by molar-refractivity contribution is 6.57. The molecule has 0 spiro atoms. The van der Waals surface area contributed by atoms with Gasteiger partial charge < -0.3 is 24.7 Å². The van der Waals surface area contributed by atoms with Crippen molar-refractivity contribution in [3.63, 3.8) is 0 Å². The number of nitrogen functional groups attached to an aromatic ring is 1. The summed E-state index contributed by atoms with van der Waals surface area (Å²) in [4.78, 5) is 27.5. The molecule has 0 bridgehead atoms. The van der Waals surface area contributed by atoms with E-state index in [4.69, 9.17) is 15.2 Å². The highest BCUT2D eigenvalue weighted by Gasteiger charge is 2.59. The minimum absolute atomic E-state index is 0.102. The molecule has 0 aliphatic carbocycles. The maximum Gasteiger partial charge on any atom is 0.213 e. The van der Waals surface area contributed by atoms with E-state index in [-0.39, 0.29) is 40.3 Å². The SMILES string of the molecule is COc1cc(CN(Cc2cn3c4c(c(F)c(F)cc4c2=O)OCC3C(C)C)[C@]23CCCN(c4ccc(N)nc4)CC2[Si]3)ccn1. The summed E-state index contributed by atoms with van der Waals surface area (Å²) in [7, 11) is 2.28. The lowest BCUT2D eigenvalue weighted by molar-refractivity contribution is 0.161. The molecule has 9 nitrogen and oxygen atoms in total. The molecule has 0 saturated carbocycles. The molecule has 4 aromatic rings. The highest BCUT2D eigenvalue weighted by atomic mass is 28.2. The van der Waals surface area contributed by atoms with Crippen molar-refractivity contribution in [2.75, 3.05) is 37.4 Å². The zero-order chi connectivity index (χ0) is 31.5. The van der Waals surface area contributed by atoms with E-state index in [2.05, 4.69) is 33.6 Å². The molecule has 2 fully saturated rings. The Hall–Kier alpha value is -4.03. The van der Waals surface area contributed by atoms with Crippen LogP contribution >= 0.6 is 0 Å². The lowest BCUT2D eigenvalue weighted by Gasteiger charge is -2.35. The Morgan fingerprint density at radius 3 is 2.82 bits per heavy atom. The summed E-state index contributed by atoms with van der Waals surface area (Å²) in [6.45, 7) is 7.06. The Morgan fingerprint density at radius 1 is 1.22 bits per heavy atom. The topological polar surface area (TPSA) is 98.7 Å². The number of rotatable bonds is 8. The number of fused-ring (bicyclic) bond motifs is 1. The third-order valence-electron chi connectivity index (χ3n) is 9.51. The van der Waals surface area contributed by atoms with E-state index in [1.807, 2.05) is 41.2 Å². The number of hydrogen-bond acceptors (Lipinski definition) is 8. The fraction of sp³-hybridized carbons (Fsp3) is 0.424. The van der Waals surface area contributed by atoms with Crippen molar-refractivity contribution in [2.24, 2.45) is 5.92 Å². The summed E-state index contributed by atoms with van der Waals surface area (Å²) in [5, 5.41) is 0.0442. The monoisotopic (exact) mass is 630 g/mol. The zero-order valence-corrected chi connectivity index (χ0v) is 26.6. The van der Waals surface area contributed by atoms with E-state index in [0.29, 0.717) is 50.9 Å². The molecule has 3 atom stereocenters. The smallest absolute Gasteiger partial charge is 0.213 e. The fourth-order valence-corrected chi connectivity index (χ4v) is 8.93. The second-order valence-electron chi connectivity index (χ2n) is 12.6.